The number of rotatable bonds is 3. The van der Waals surface area contributed by atoms with Crippen LogP contribution in [0.3, 0.4) is 0 Å². The van der Waals surface area contributed by atoms with Crippen molar-refractivity contribution in [2.45, 2.75) is 6.92 Å². The Morgan fingerprint density at radius 2 is 1.14 bits per heavy atom. The van der Waals surface area contributed by atoms with Crippen LogP contribution in [-0.2, 0) is 0 Å². The molecule has 0 N–H and O–H groups in total. The molecule has 21 heavy (non-hydrogen) atoms. The summed E-state index contributed by atoms with van der Waals surface area (Å²) < 4.78 is 3.68. The van der Waals surface area contributed by atoms with Crippen LogP contribution in [0.5, 0.6) is 0 Å². The van der Waals surface area contributed by atoms with E-state index in [4.69, 9.17) is 0 Å². The highest BCUT2D eigenvalue weighted by atomic mass is 79.9. The van der Waals surface area contributed by atoms with Crippen LogP contribution in [-0.4, -0.2) is 5.78 Å². The summed E-state index contributed by atoms with van der Waals surface area (Å²) in [6.45, 7) is 1.93. The zero-order chi connectivity index (χ0) is 15.6. The van der Waals surface area contributed by atoms with Gasteiger partial charge in [-0.2, -0.15) is 0 Å². The highest BCUT2D eigenvalue weighted by Crippen LogP contribution is 2.26. The molecule has 0 radical (unpaired) electrons. The second kappa shape index (κ2) is 7.36. The molecule has 2 aromatic rings. The second-order valence-electron chi connectivity index (χ2n) is 4.51. The number of benzene rings is 2. The van der Waals surface area contributed by atoms with Gasteiger partial charge in [0.15, 0.2) is 5.78 Å². The molecule has 0 fully saturated rings. The summed E-state index contributed by atoms with van der Waals surface area (Å²) in [6.07, 6.45) is 1.66. The Bertz CT molecular complexity index is 695. The molecule has 2 aromatic carbocycles. The van der Waals surface area contributed by atoms with Gasteiger partial charge in [-0.1, -0.05) is 63.7 Å². The molecule has 0 amide bonds. The largest absolute Gasteiger partial charge is 0.289 e. The fourth-order valence-electron chi connectivity index (χ4n) is 1.84. The van der Waals surface area contributed by atoms with Crippen LogP contribution in [0.15, 0.2) is 60.4 Å². The van der Waals surface area contributed by atoms with Crippen molar-refractivity contribution in [3.05, 3.63) is 71.5 Å². The zero-order valence-electron chi connectivity index (χ0n) is 11.0. The van der Waals surface area contributed by atoms with E-state index in [1.54, 1.807) is 6.08 Å². The SMILES string of the molecule is C/C(=C/C(=O)c1cc(Br)cc(Br)c1)c1cc(Br)cc(Br)c1. The van der Waals surface area contributed by atoms with Gasteiger partial charge in [-0.3, -0.25) is 4.79 Å². The van der Waals surface area contributed by atoms with Crippen molar-refractivity contribution in [3.63, 3.8) is 0 Å². The minimum Gasteiger partial charge on any atom is -0.289 e. The van der Waals surface area contributed by atoms with E-state index in [0.717, 1.165) is 29.0 Å². The maximum atomic E-state index is 12.4. The van der Waals surface area contributed by atoms with E-state index < -0.39 is 0 Å². The topological polar surface area (TPSA) is 17.1 Å². The number of allylic oxidation sites excluding steroid dienone is 2. The van der Waals surface area contributed by atoms with Crippen LogP contribution >= 0.6 is 63.7 Å². The number of hydrogen-bond donors (Lipinski definition) is 0. The molecule has 0 bridgehead atoms. The Labute approximate surface area is 157 Å². The molecule has 0 aliphatic rings. The van der Waals surface area contributed by atoms with Crippen LogP contribution < -0.4 is 0 Å². The Kier molecular flexibility index (Phi) is 6.00. The summed E-state index contributed by atoms with van der Waals surface area (Å²) in [7, 11) is 0. The van der Waals surface area contributed by atoms with Gasteiger partial charge in [0.25, 0.3) is 0 Å². The van der Waals surface area contributed by atoms with Gasteiger partial charge in [0.2, 0.25) is 0 Å². The first-order valence-electron chi connectivity index (χ1n) is 6.00. The van der Waals surface area contributed by atoms with Crippen LogP contribution in [0, 0.1) is 0 Å². The van der Waals surface area contributed by atoms with Crippen molar-refractivity contribution in [1.29, 1.82) is 0 Å². The number of carbonyl (C=O) groups is 1. The molecular formula is C16H10Br4O. The number of halogens is 4. The third kappa shape index (κ3) is 4.88. The molecule has 108 valence electrons. The fraction of sp³-hybridized carbons (Fsp3) is 0.0625. The third-order valence-electron chi connectivity index (χ3n) is 2.81. The normalized spacial score (nSPS) is 11.6. The smallest absolute Gasteiger partial charge is 0.186 e. The van der Waals surface area contributed by atoms with Gasteiger partial charge in [0.05, 0.1) is 0 Å². The van der Waals surface area contributed by atoms with E-state index in [1.807, 2.05) is 43.3 Å². The maximum Gasteiger partial charge on any atom is 0.186 e. The van der Waals surface area contributed by atoms with Gasteiger partial charge in [0.1, 0.15) is 0 Å². The Hall–Kier alpha value is -0.230. The van der Waals surface area contributed by atoms with E-state index in [1.165, 1.54) is 0 Å². The molecule has 0 aliphatic heterocycles. The second-order valence-corrected chi connectivity index (χ2v) is 8.17. The molecule has 5 heteroatoms. The van der Waals surface area contributed by atoms with Crippen LogP contribution in [0.1, 0.15) is 22.8 Å². The molecule has 1 nitrogen and oxygen atoms in total. The summed E-state index contributed by atoms with van der Waals surface area (Å²) in [5.74, 6) is -0.0226. The molecule has 0 atom stereocenters. The van der Waals surface area contributed by atoms with Crippen molar-refractivity contribution in [1.82, 2.24) is 0 Å². The van der Waals surface area contributed by atoms with E-state index in [-0.39, 0.29) is 5.78 Å². The van der Waals surface area contributed by atoms with Crippen molar-refractivity contribution < 1.29 is 4.79 Å². The lowest BCUT2D eigenvalue weighted by molar-refractivity contribution is 0.104. The summed E-state index contributed by atoms with van der Waals surface area (Å²) in [5, 5.41) is 0. The summed E-state index contributed by atoms with van der Waals surface area (Å²) in [4.78, 5) is 12.4. The lowest BCUT2D eigenvalue weighted by atomic mass is 10.0. The number of carbonyl (C=O) groups excluding carboxylic acids is 1. The van der Waals surface area contributed by atoms with E-state index in [9.17, 15) is 4.79 Å². The first-order valence-corrected chi connectivity index (χ1v) is 9.17. The summed E-state index contributed by atoms with van der Waals surface area (Å²) in [5.41, 5.74) is 2.56. The van der Waals surface area contributed by atoms with Gasteiger partial charge in [-0.05, 0) is 60.5 Å². The van der Waals surface area contributed by atoms with Gasteiger partial charge < -0.3 is 0 Å². The van der Waals surface area contributed by atoms with Crippen LogP contribution in [0.25, 0.3) is 5.57 Å². The Balaban J connectivity index is 2.35. The van der Waals surface area contributed by atoms with Crippen LogP contribution in [0.4, 0.5) is 0 Å². The highest BCUT2D eigenvalue weighted by Gasteiger charge is 2.07. The predicted octanol–water partition coefficient (Wildman–Crippen LogP) is 7.02. The van der Waals surface area contributed by atoms with E-state index in [0.29, 0.717) is 5.56 Å². The van der Waals surface area contributed by atoms with E-state index >= 15 is 0 Å². The average molecular weight is 538 g/mol. The van der Waals surface area contributed by atoms with Crippen molar-refractivity contribution >= 4 is 75.1 Å². The standard InChI is InChI=1S/C16H10Br4O/c1-9(10-3-12(17)7-13(18)4-10)2-16(21)11-5-14(19)8-15(20)6-11/h2-8H,1H3/b9-2-. The third-order valence-corrected chi connectivity index (χ3v) is 4.64. The maximum absolute atomic E-state index is 12.4. The van der Waals surface area contributed by atoms with Gasteiger partial charge in [0, 0.05) is 23.5 Å². The van der Waals surface area contributed by atoms with Crippen LogP contribution in [0.2, 0.25) is 0 Å². The minimum atomic E-state index is -0.0226. The quantitative estimate of drug-likeness (QED) is 0.304. The predicted molar refractivity (Wildman–Crippen MR) is 102 cm³/mol. The molecule has 0 spiro atoms. The highest BCUT2D eigenvalue weighted by molar-refractivity contribution is 9.11. The van der Waals surface area contributed by atoms with Crippen molar-refractivity contribution in [2.75, 3.05) is 0 Å². The monoisotopic (exact) mass is 534 g/mol. The molecule has 0 saturated heterocycles. The van der Waals surface area contributed by atoms with Gasteiger partial charge in [-0.25, -0.2) is 0 Å². The zero-order valence-corrected chi connectivity index (χ0v) is 17.3. The lowest BCUT2D eigenvalue weighted by Gasteiger charge is -2.05. The minimum absolute atomic E-state index is 0.0226. The fourth-order valence-corrected chi connectivity index (χ4v) is 4.43. The first kappa shape index (κ1) is 17.1. The van der Waals surface area contributed by atoms with Gasteiger partial charge >= 0.3 is 0 Å². The molecular weight excluding hydrogens is 528 g/mol. The number of ketones is 1. The molecule has 0 aromatic heterocycles. The lowest BCUT2D eigenvalue weighted by Crippen LogP contribution is -1.96. The number of hydrogen-bond acceptors (Lipinski definition) is 1. The van der Waals surface area contributed by atoms with Crippen molar-refractivity contribution in [2.24, 2.45) is 0 Å². The summed E-state index contributed by atoms with van der Waals surface area (Å²) >= 11 is 13.7. The summed E-state index contributed by atoms with van der Waals surface area (Å²) in [6, 6.07) is 11.5. The first-order chi connectivity index (χ1) is 9.85. The molecule has 0 heterocycles. The Morgan fingerprint density at radius 3 is 1.57 bits per heavy atom. The van der Waals surface area contributed by atoms with E-state index in [2.05, 4.69) is 63.7 Å². The molecule has 2 rings (SSSR count). The molecule has 0 unspecified atom stereocenters. The Morgan fingerprint density at radius 1 is 0.762 bits per heavy atom. The van der Waals surface area contributed by atoms with Gasteiger partial charge in [-0.15, -0.1) is 0 Å². The average Bonchev–Trinajstić information content (AvgIpc) is 2.36. The molecule has 0 saturated carbocycles. The van der Waals surface area contributed by atoms with Crippen molar-refractivity contribution in [3.8, 4) is 0 Å². The molecule has 0 aliphatic carbocycles.